The molecule has 0 amide bonds. The molecule has 2 fully saturated rings. The molecular weight excluding hydrogens is 280 g/mol. The van der Waals surface area contributed by atoms with Crippen molar-refractivity contribution < 1.29 is 9.47 Å². The highest BCUT2D eigenvalue weighted by Gasteiger charge is 2.29. The van der Waals surface area contributed by atoms with E-state index in [1.165, 1.54) is 0 Å². The van der Waals surface area contributed by atoms with Gasteiger partial charge in [-0.2, -0.15) is 0 Å². The number of ether oxygens (including phenoxy) is 2. The lowest BCUT2D eigenvalue weighted by Gasteiger charge is -2.40. The lowest BCUT2D eigenvalue weighted by Crippen LogP contribution is -2.50. The zero-order chi connectivity index (χ0) is 15.7. The molecule has 0 aliphatic carbocycles. The maximum Gasteiger partial charge on any atom is 0.134 e. The highest BCUT2D eigenvalue weighted by atomic mass is 16.5. The summed E-state index contributed by atoms with van der Waals surface area (Å²) in [5, 5.41) is 0. The van der Waals surface area contributed by atoms with Gasteiger partial charge in [0, 0.05) is 19.2 Å². The first-order chi connectivity index (χ1) is 10.6. The molecule has 2 aliphatic heterocycles. The predicted octanol–water partition coefficient (Wildman–Crippen LogP) is 1.70. The minimum atomic E-state index is 0.217. The van der Waals surface area contributed by atoms with E-state index in [2.05, 4.69) is 53.5 Å². The molecule has 3 rings (SSSR count). The lowest BCUT2D eigenvalue weighted by atomic mass is 10.1. The molecule has 0 saturated carbocycles. The Morgan fingerprint density at radius 1 is 0.864 bits per heavy atom. The molecule has 6 heteroatoms. The van der Waals surface area contributed by atoms with Gasteiger partial charge in [0.15, 0.2) is 0 Å². The normalized spacial score (nSPS) is 33.1. The molecule has 0 unspecified atom stereocenters. The van der Waals surface area contributed by atoms with Gasteiger partial charge in [-0.05, 0) is 27.7 Å². The highest BCUT2D eigenvalue weighted by molar-refractivity contribution is 5.52. The van der Waals surface area contributed by atoms with Crippen molar-refractivity contribution >= 4 is 11.6 Å². The second-order valence-corrected chi connectivity index (χ2v) is 6.25. The van der Waals surface area contributed by atoms with Crippen LogP contribution in [0.5, 0.6) is 0 Å². The summed E-state index contributed by atoms with van der Waals surface area (Å²) in [6, 6.07) is 2.73. The standard InChI is InChI=1S/C16H26N4O2/c1-11-13(3)21-7-5-19(11)15-9-16(18-10-17-15)20-6-8-22-14(4)12(20)2/h9-14H,5-8H2,1-4H3/t11-,12-,13-,14+/m1/s1. The summed E-state index contributed by atoms with van der Waals surface area (Å²) in [5.74, 6) is 1.97. The summed E-state index contributed by atoms with van der Waals surface area (Å²) >= 11 is 0. The van der Waals surface area contributed by atoms with Crippen LogP contribution in [0.2, 0.25) is 0 Å². The van der Waals surface area contributed by atoms with Gasteiger partial charge in [-0.25, -0.2) is 9.97 Å². The van der Waals surface area contributed by atoms with E-state index in [4.69, 9.17) is 9.47 Å². The Labute approximate surface area is 132 Å². The molecule has 6 nitrogen and oxygen atoms in total. The zero-order valence-electron chi connectivity index (χ0n) is 13.9. The second kappa shape index (κ2) is 6.38. The van der Waals surface area contributed by atoms with Gasteiger partial charge in [-0.15, -0.1) is 0 Å². The smallest absolute Gasteiger partial charge is 0.134 e. The molecule has 0 spiro atoms. The molecule has 0 N–H and O–H groups in total. The zero-order valence-corrected chi connectivity index (χ0v) is 13.9. The Balaban J connectivity index is 1.83. The summed E-state index contributed by atoms with van der Waals surface area (Å²) in [6.45, 7) is 11.8. The van der Waals surface area contributed by atoms with Gasteiger partial charge in [-0.3, -0.25) is 0 Å². The molecule has 122 valence electrons. The Bertz CT molecular complexity index is 471. The fourth-order valence-corrected chi connectivity index (χ4v) is 3.16. The maximum absolute atomic E-state index is 5.71. The monoisotopic (exact) mass is 306 g/mol. The van der Waals surface area contributed by atoms with Gasteiger partial charge in [0.05, 0.1) is 37.5 Å². The number of morpholine rings is 2. The minimum Gasteiger partial charge on any atom is -0.375 e. The van der Waals surface area contributed by atoms with Crippen LogP contribution < -0.4 is 9.80 Å². The second-order valence-electron chi connectivity index (χ2n) is 6.25. The summed E-state index contributed by atoms with van der Waals surface area (Å²) in [7, 11) is 0. The number of rotatable bonds is 2. The van der Waals surface area contributed by atoms with Crippen molar-refractivity contribution in [2.75, 3.05) is 36.1 Å². The van der Waals surface area contributed by atoms with Gasteiger partial charge >= 0.3 is 0 Å². The van der Waals surface area contributed by atoms with Crippen LogP contribution in [0.15, 0.2) is 12.4 Å². The number of hydrogen-bond acceptors (Lipinski definition) is 6. The highest BCUT2D eigenvalue weighted by Crippen LogP contribution is 2.26. The van der Waals surface area contributed by atoms with Gasteiger partial charge in [0.2, 0.25) is 0 Å². The fourth-order valence-electron chi connectivity index (χ4n) is 3.16. The summed E-state index contributed by atoms with van der Waals surface area (Å²) in [6.07, 6.45) is 2.11. The summed E-state index contributed by atoms with van der Waals surface area (Å²) in [5.41, 5.74) is 0. The van der Waals surface area contributed by atoms with Gasteiger partial charge in [0.1, 0.15) is 18.0 Å². The van der Waals surface area contributed by atoms with E-state index in [0.29, 0.717) is 12.1 Å². The maximum atomic E-state index is 5.71. The third kappa shape index (κ3) is 2.90. The van der Waals surface area contributed by atoms with Crippen LogP contribution in [0, 0.1) is 0 Å². The fraction of sp³-hybridized carbons (Fsp3) is 0.750. The van der Waals surface area contributed by atoms with Gasteiger partial charge < -0.3 is 19.3 Å². The van der Waals surface area contributed by atoms with Crippen LogP contribution >= 0.6 is 0 Å². The first-order valence-corrected chi connectivity index (χ1v) is 8.16. The van der Waals surface area contributed by atoms with Crippen LogP contribution in [-0.2, 0) is 9.47 Å². The number of hydrogen-bond donors (Lipinski definition) is 0. The quantitative estimate of drug-likeness (QED) is 0.829. The average molecular weight is 306 g/mol. The number of nitrogens with zero attached hydrogens (tertiary/aromatic N) is 4. The SMILES string of the molecule is C[C@@H]1OCCN(c2cc(N3CCO[C@H](C)[C@H]3C)ncn2)[C@@H]1C. The molecule has 1 aromatic rings. The predicted molar refractivity (Wildman–Crippen MR) is 86.5 cm³/mol. The molecular formula is C16H26N4O2. The van der Waals surface area contributed by atoms with Crippen molar-refractivity contribution in [2.24, 2.45) is 0 Å². The van der Waals surface area contributed by atoms with Crippen LogP contribution in [0.25, 0.3) is 0 Å². The van der Waals surface area contributed by atoms with E-state index in [9.17, 15) is 0 Å². The third-order valence-corrected chi connectivity index (χ3v) is 4.99. The van der Waals surface area contributed by atoms with Crippen molar-refractivity contribution in [3.05, 3.63) is 12.4 Å². The Morgan fingerprint density at radius 2 is 1.32 bits per heavy atom. The Hall–Kier alpha value is -1.40. The first kappa shape index (κ1) is 15.5. The van der Waals surface area contributed by atoms with Crippen molar-refractivity contribution in [1.82, 2.24) is 9.97 Å². The van der Waals surface area contributed by atoms with Crippen molar-refractivity contribution in [3.63, 3.8) is 0 Å². The topological polar surface area (TPSA) is 50.7 Å². The van der Waals surface area contributed by atoms with Crippen molar-refractivity contribution in [3.8, 4) is 0 Å². The molecule has 1 aromatic heterocycles. The minimum absolute atomic E-state index is 0.217. The molecule has 0 radical (unpaired) electrons. The summed E-state index contributed by atoms with van der Waals surface area (Å²) < 4.78 is 11.4. The van der Waals surface area contributed by atoms with E-state index >= 15 is 0 Å². The molecule has 4 atom stereocenters. The molecule has 2 aliphatic rings. The van der Waals surface area contributed by atoms with Gasteiger partial charge in [-0.1, -0.05) is 0 Å². The largest absolute Gasteiger partial charge is 0.375 e. The van der Waals surface area contributed by atoms with Gasteiger partial charge in [0.25, 0.3) is 0 Å². The van der Waals surface area contributed by atoms with E-state index in [-0.39, 0.29) is 12.2 Å². The number of anilines is 2. The van der Waals surface area contributed by atoms with E-state index < -0.39 is 0 Å². The number of aromatic nitrogens is 2. The van der Waals surface area contributed by atoms with Crippen molar-refractivity contribution in [2.45, 2.75) is 52.0 Å². The third-order valence-electron chi connectivity index (χ3n) is 4.99. The molecule has 3 heterocycles. The van der Waals surface area contributed by atoms with E-state index in [1.807, 2.05) is 0 Å². The molecule has 2 saturated heterocycles. The van der Waals surface area contributed by atoms with Crippen LogP contribution in [0.1, 0.15) is 27.7 Å². The summed E-state index contributed by atoms with van der Waals surface area (Å²) in [4.78, 5) is 13.6. The Kier molecular flexibility index (Phi) is 4.49. The van der Waals surface area contributed by atoms with Crippen LogP contribution in [-0.4, -0.2) is 60.6 Å². The Morgan fingerprint density at radius 3 is 1.77 bits per heavy atom. The molecule has 0 aromatic carbocycles. The molecule has 22 heavy (non-hydrogen) atoms. The lowest BCUT2D eigenvalue weighted by molar-refractivity contribution is 0.0276. The van der Waals surface area contributed by atoms with Crippen LogP contribution in [0.3, 0.4) is 0 Å². The first-order valence-electron chi connectivity index (χ1n) is 8.16. The average Bonchev–Trinajstić information content (AvgIpc) is 2.53. The van der Waals surface area contributed by atoms with Crippen molar-refractivity contribution in [1.29, 1.82) is 0 Å². The van der Waals surface area contributed by atoms with E-state index in [1.54, 1.807) is 6.33 Å². The van der Waals surface area contributed by atoms with Crippen LogP contribution in [0.4, 0.5) is 11.6 Å². The van der Waals surface area contributed by atoms with E-state index in [0.717, 1.165) is 37.9 Å². The molecule has 0 bridgehead atoms.